The predicted molar refractivity (Wildman–Crippen MR) is 69.5 cm³/mol. The lowest BCUT2D eigenvalue weighted by molar-refractivity contribution is 0.101. The van der Waals surface area contributed by atoms with Crippen molar-refractivity contribution in [3.8, 4) is 0 Å². The van der Waals surface area contributed by atoms with Gasteiger partial charge in [-0.15, -0.1) is 6.58 Å². The van der Waals surface area contributed by atoms with Gasteiger partial charge in [-0.1, -0.05) is 24.3 Å². The number of amides is 1. The molecule has 1 aromatic carbocycles. The quantitative estimate of drug-likeness (QED) is 0.643. The third-order valence-electron chi connectivity index (χ3n) is 2.80. The van der Waals surface area contributed by atoms with E-state index in [1.165, 1.54) is 0 Å². The van der Waals surface area contributed by atoms with Crippen molar-refractivity contribution in [1.82, 2.24) is 0 Å². The third kappa shape index (κ3) is 3.34. The molecule has 1 amide bonds. The van der Waals surface area contributed by atoms with Crippen molar-refractivity contribution in [2.45, 2.75) is 31.7 Å². The molecule has 0 spiro atoms. The van der Waals surface area contributed by atoms with Crippen molar-refractivity contribution in [1.29, 1.82) is 0 Å². The maximum Gasteiger partial charge on any atom is 0.411 e. The van der Waals surface area contributed by atoms with Crippen LogP contribution in [0.15, 0.2) is 43.0 Å². The molecule has 0 radical (unpaired) electrons. The molecule has 0 bridgehead atoms. The van der Waals surface area contributed by atoms with Crippen LogP contribution in [0.5, 0.6) is 0 Å². The van der Waals surface area contributed by atoms with E-state index in [1.807, 2.05) is 25.1 Å². The molecule has 4 heteroatoms. The molecule has 0 aromatic heterocycles. The Kier molecular flexibility index (Phi) is 3.99. The Morgan fingerprint density at radius 2 is 2.28 bits per heavy atom. The van der Waals surface area contributed by atoms with Crippen molar-refractivity contribution < 1.29 is 14.3 Å². The SMILES string of the molecule is C=CC[C@H]1O[C@H]1[C@@H](C)OC(=O)Nc1ccccc1. The second kappa shape index (κ2) is 5.69. The van der Waals surface area contributed by atoms with E-state index < -0.39 is 6.09 Å². The van der Waals surface area contributed by atoms with E-state index >= 15 is 0 Å². The molecule has 96 valence electrons. The summed E-state index contributed by atoms with van der Waals surface area (Å²) in [5.41, 5.74) is 0.717. The zero-order chi connectivity index (χ0) is 13.0. The molecule has 4 nitrogen and oxygen atoms in total. The first-order chi connectivity index (χ1) is 8.70. The van der Waals surface area contributed by atoms with Crippen molar-refractivity contribution in [3.63, 3.8) is 0 Å². The molecule has 2 rings (SSSR count). The summed E-state index contributed by atoms with van der Waals surface area (Å²) >= 11 is 0. The van der Waals surface area contributed by atoms with Gasteiger partial charge in [-0.05, 0) is 25.5 Å². The van der Waals surface area contributed by atoms with E-state index in [1.54, 1.807) is 18.2 Å². The Balaban J connectivity index is 1.76. The molecule has 0 saturated carbocycles. The Morgan fingerprint density at radius 3 is 2.94 bits per heavy atom. The summed E-state index contributed by atoms with van der Waals surface area (Å²) < 4.78 is 10.6. The largest absolute Gasteiger partial charge is 0.443 e. The van der Waals surface area contributed by atoms with Crippen LogP contribution >= 0.6 is 0 Å². The first-order valence-electron chi connectivity index (χ1n) is 5.99. The average molecular weight is 247 g/mol. The molecule has 1 aliphatic heterocycles. The zero-order valence-corrected chi connectivity index (χ0v) is 10.3. The first-order valence-corrected chi connectivity index (χ1v) is 5.99. The molecular formula is C14H17NO3. The minimum Gasteiger partial charge on any atom is -0.443 e. The first kappa shape index (κ1) is 12.6. The molecule has 1 aliphatic rings. The standard InChI is InChI=1S/C14H17NO3/c1-3-7-12-13(18-12)10(2)17-14(16)15-11-8-5-4-6-9-11/h3-6,8-10,12-13H,1,7H2,2H3,(H,15,16)/t10-,12-,13+/m1/s1. The molecule has 3 atom stereocenters. The lowest BCUT2D eigenvalue weighted by Crippen LogP contribution is -2.25. The van der Waals surface area contributed by atoms with Crippen LogP contribution in [0.25, 0.3) is 0 Å². The molecule has 1 aromatic rings. The van der Waals surface area contributed by atoms with Crippen LogP contribution in [-0.4, -0.2) is 24.4 Å². The number of epoxide rings is 1. The Labute approximate surface area is 107 Å². The van der Waals surface area contributed by atoms with E-state index in [2.05, 4.69) is 11.9 Å². The van der Waals surface area contributed by atoms with Crippen molar-refractivity contribution in [3.05, 3.63) is 43.0 Å². The smallest absolute Gasteiger partial charge is 0.411 e. The van der Waals surface area contributed by atoms with Crippen LogP contribution < -0.4 is 5.32 Å². The highest BCUT2D eigenvalue weighted by molar-refractivity contribution is 5.84. The van der Waals surface area contributed by atoms with E-state index in [-0.39, 0.29) is 18.3 Å². The summed E-state index contributed by atoms with van der Waals surface area (Å²) in [7, 11) is 0. The Bertz CT molecular complexity index is 418. The van der Waals surface area contributed by atoms with E-state index in [0.717, 1.165) is 6.42 Å². The number of ether oxygens (including phenoxy) is 2. The van der Waals surface area contributed by atoms with Crippen LogP contribution in [0, 0.1) is 0 Å². The number of nitrogens with one attached hydrogen (secondary N) is 1. The average Bonchev–Trinajstić information content (AvgIpc) is 3.10. The van der Waals surface area contributed by atoms with Gasteiger partial charge >= 0.3 is 6.09 Å². The highest BCUT2D eigenvalue weighted by atomic mass is 16.6. The summed E-state index contributed by atoms with van der Waals surface area (Å²) in [4.78, 5) is 11.6. The summed E-state index contributed by atoms with van der Waals surface area (Å²) in [5, 5.41) is 2.67. The number of benzene rings is 1. The maximum absolute atomic E-state index is 11.6. The summed E-state index contributed by atoms with van der Waals surface area (Å²) in [5.74, 6) is 0. The topological polar surface area (TPSA) is 50.9 Å². The molecule has 18 heavy (non-hydrogen) atoms. The fraction of sp³-hybridized carbons (Fsp3) is 0.357. The predicted octanol–water partition coefficient (Wildman–Crippen LogP) is 2.97. The summed E-state index contributed by atoms with van der Waals surface area (Å²) in [6.07, 6.45) is 2.02. The van der Waals surface area contributed by atoms with Crippen LogP contribution in [0.4, 0.5) is 10.5 Å². The van der Waals surface area contributed by atoms with Gasteiger partial charge in [0.15, 0.2) is 0 Å². The number of carbonyl (C=O) groups is 1. The van der Waals surface area contributed by atoms with Crippen molar-refractivity contribution in [2.24, 2.45) is 0 Å². The molecule has 0 unspecified atom stereocenters. The minimum atomic E-state index is -0.457. The fourth-order valence-electron chi connectivity index (χ4n) is 1.83. The highest BCUT2D eigenvalue weighted by Gasteiger charge is 2.43. The van der Waals surface area contributed by atoms with Crippen molar-refractivity contribution >= 4 is 11.8 Å². The lowest BCUT2D eigenvalue weighted by atomic mass is 10.2. The molecule has 1 N–H and O–H groups in total. The molecule has 1 fully saturated rings. The number of hydrogen-bond donors (Lipinski definition) is 1. The highest BCUT2D eigenvalue weighted by Crippen LogP contribution is 2.30. The van der Waals surface area contributed by atoms with Gasteiger partial charge in [-0.25, -0.2) is 4.79 Å². The van der Waals surface area contributed by atoms with Crippen molar-refractivity contribution in [2.75, 3.05) is 5.32 Å². The normalized spacial score (nSPS) is 22.9. The second-order valence-electron chi connectivity index (χ2n) is 4.26. The van der Waals surface area contributed by atoms with Gasteiger partial charge in [0.1, 0.15) is 12.2 Å². The van der Waals surface area contributed by atoms with E-state index in [4.69, 9.17) is 9.47 Å². The number of anilines is 1. The lowest BCUT2D eigenvalue weighted by Gasteiger charge is -2.11. The van der Waals surface area contributed by atoms with Gasteiger partial charge < -0.3 is 9.47 Å². The monoisotopic (exact) mass is 247 g/mol. The number of carbonyl (C=O) groups excluding carboxylic acids is 1. The van der Waals surface area contributed by atoms with E-state index in [9.17, 15) is 4.79 Å². The van der Waals surface area contributed by atoms with Gasteiger partial charge in [0, 0.05) is 5.69 Å². The van der Waals surface area contributed by atoms with Crippen LogP contribution in [-0.2, 0) is 9.47 Å². The number of hydrogen-bond acceptors (Lipinski definition) is 3. The van der Waals surface area contributed by atoms with Gasteiger partial charge in [0.2, 0.25) is 0 Å². The maximum atomic E-state index is 11.6. The minimum absolute atomic E-state index is 0.00970. The third-order valence-corrected chi connectivity index (χ3v) is 2.80. The van der Waals surface area contributed by atoms with Gasteiger partial charge in [-0.3, -0.25) is 5.32 Å². The second-order valence-corrected chi connectivity index (χ2v) is 4.26. The molecule has 1 saturated heterocycles. The summed E-state index contributed by atoms with van der Waals surface area (Å²) in [6, 6.07) is 9.20. The molecule has 0 aliphatic carbocycles. The van der Waals surface area contributed by atoms with Gasteiger partial charge in [-0.2, -0.15) is 0 Å². The zero-order valence-electron chi connectivity index (χ0n) is 10.3. The van der Waals surface area contributed by atoms with Crippen LogP contribution in [0.2, 0.25) is 0 Å². The molecule has 1 heterocycles. The van der Waals surface area contributed by atoms with Crippen LogP contribution in [0.3, 0.4) is 0 Å². The Morgan fingerprint density at radius 1 is 1.56 bits per heavy atom. The Hall–Kier alpha value is -1.81. The number of para-hydroxylation sites is 1. The fourth-order valence-corrected chi connectivity index (χ4v) is 1.83. The number of rotatable bonds is 5. The van der Waals surface area contributed by atoms with Crippen LogP contribution in [0.1, 0.15) is 13.3 Å². The van der Waals surface area contributed by atoms with Gasteiger partial charge in [0.25, 0.3) is 0 Å². The van der Waals surface area contributed by atoms with Gasteiger partial charge in [0.05, 0.1) is 6.10 Å². The van der Waals surface area contributed by atoms with E-state index in [0.29, 0.717) is 5.69 Å². The summed E-state index contributed by atoms with van der Waals surface area (Å²) in [6.45, 7) is 5.48. The molecular weight excluding hydrogens is 230 g/mol.